The van der Waals surface area contributed by atoms with Crippen molar-refractivity contribution in [2.75, 3.05) is 16.9 Å². The zero-order valence-corrected chi connectivity index (χ0v) is 41.2. The van der Waals surface area contributed by atoms with Gasteiger partial charge in [0, 0.05) is 23.5 Å². The summed E-state index contributed by atoms with van der Waals surface area (Å²) < 4.78 is 6.73. The first-order valence-electron chi connectivity index (χ1n) is 25.6. The lowest BCUT2D eigenvalue weighted by Crippen LogP contribution is -2.55. The highest BCUT2D eigenvalue weighted by molar-refractivity contribution is 5.84. The molecule has 0 saturated carbocycles. The highest BCUT2D eigenvalue weighted by Gasteiger charge is 2.64. The van der Waals surface area contributed by atoms with Gasteiger partial charge in [0.2, 0.25) is 0 Å². The van der Waals surface area contributed by atoms with E-state index in [2.05, 4.69) is 319 Å². The van der Waals surface area contributed by atoms with Crippen LogP contribution >= 0.6 is 0 Å². The highest BCUT2D eigenvalue weighted by atomic mass is 16.5. The molecule has 0 bridgehead atoms. The van der Waals surface area contributed by atoms with Crippen LogP contribution in [0, 0.1) is 0 Å². The van der Waals surface area contributed by atoms with Gasteiger partial charge in [-0.1, -0.05) is 291 Å². The lowest BCUT2D eigenvalue weighted by molar-refractivity contribution is 0.412. The van der Waals surface area contributed by atoms with Gasteiger partial charge in [-0.15, -0.1) is 0 Å². The molecule has 2 aliphatic heterocycles. The molecule has 0 N–H and O–H groups in total. The maximum absolute atomic E-state index is 6.73. The normalized spacial score (nSPS) is 15.5. The molecule has 0 unspecified atom stereocenters. The Balaban J connectivity index is 1.25. The number of rotatable bonds is 11. The van der Waals surface area contributed by atoms with Gasteiger partial charge in [-0.05, 0) is 72.8 Å². The molecular weight excluding hydrogens is 897 g/mol. The molecule has 3 nitrogen and oxygen atoms in total. The van der Waals surface area contributed by atoms with Gasteiger partial charge in [-0.25, -0.2) is 0 Å². The first kappa shape index (κ1) is 44.7. The molecule has 0 radical (unpaired) electrons. The molecule has 11 aromatic rings. The Morgan fingerprint density at radius 2 is 0.405 bits per heavy atom. The van der Waals surface area contributed by atoms with Crippen LogP contribution in [0.15, 0.2) is 309 Å². The average molecular weight is 951 g/mol. The van der Waals surface area contributed by atoms with Crippen molar-refractivity contribution in [3.8, 4) is 5.75 Å². The van der Waals surface area contributed by atoms with Crippen LogP contribution in [0.4, 0.5) is 11.4 Å². The van der Waals surface area contributed by atoms with Crippen LogP contribution in [0.5, 0.6) is 5.75 Å². The quantitative estimate of drug-likeness (QED) is 0.128. The number of methoxy groups -OCH3 is 1. The molecule has 11 aromatic carbocycles. The molecule has 74 heavy (non-hydrogen) atoms. The van der Waals surface area contributed by atoms with Crippen LogP contribution in [0.1, 0.15) is 66.8 Å². The second kappa shape index (κ2) is 18.1. The number of hydrogen-bond acceptors (Lipinski definition) is 3. The van der Waals surface area contributed by atoms with Crippen LogP contribution in [0.2, 0.25) is 0 Å². The van der Waals surface area contributed by atoms with Gasteiger partial charge in [-0.2, -0.15) is 0 Å². The lowest BCUT2D eigenvalue weighted by atomic mass is 9.76. The van der Waals surface area contributed by atoms with Crippen molar-refractivity contribution in [2.45, 2.75) is 22.2 Å². The summed E-state index contributed by atoms with van der Waals surface area (Å²) in [5, 5.41) is 0. The zero-order chi connectivity index (χ0) is 49.6. The second-order valence-corrected chi connectivity index (χ2v) is 19.4. The van der Waals surface area contributed by atoms with Gasteiger partial charge >= 0.3 is 0 Å². The SMILES string of the molecule is COc1cc(N2C(c3ccccc3)(c3ccccc3)c3ccccc3C2(c2ccccc2)c2ccccc2)cc(N2C(c3ccccc3)(c3ccccc3)c3ccccc3C2(c2ccccc2)c2ccccc2)c1. The monoisotopic (exact) mass is 950 g/mol. The fraction of sp³-hybridized carbons (Fsp3) is 0.0704. The molecule has 3 heteroatoms. The van der Waals surface area contributed by atoms with Crippen LogP contribution < -0.4 is 14.5 Å². The van der Waals surface area contributed by atoms with E-state index in [-0.39, 0.29) is 0 Å². The predicted octanol–water partition coefficient (Wildman–Crippen LogP) is 15.9. The van der Waals surface area contributed by atoms with Gasteiger partial charge < -0.3 is 14.5 Å². The van der Waals surface area contributed by atoms with Crippen molar-refractivity contribution >= 4 is 11.4 Å². The summed E-state index contributed by atoms with van der Waals surface area (Å²) in [4.78, 5) is 5.49. The molecule has 0 amide bonds. The third-order valence-electron chi connectivity index (χ3n) is 15.9. The number of ether oxygens (including phenoxy) is 1. The van der Waals surface area contributed by atoms with Crippen LogP contribution in [0.3, 0.4) is 0 Å². The van der Waals surface area contributed by atoms with Crippen molar-refractivity contribution < 1.29 is 4.74 Å². The van der Waals surface area contributed by atoms with Crippen molar-refractivity contribution in [3.05, 3.63) is 376 Å². The van der Waals surface area contributed by atoms with Crippen molar-refractivity contribution in [1.29, 1.82) is 0 Å². The molecule has 0 spiro atoms. The maximum Gasteiger partial charge on any atom is 0.122 e. The van der Waals surface area contributed by atoms with Crippen molar-refractivity contribution in [1.82, 2.24) is 0 Å². The van der Waals surface area contributed by atoms with E-state index in [0.29, 0.717) is 0 Å². The zero-order valence-electron chi connectivity index (χ0n) is 41.2. The van der Waals surface area contributed by atoms with E-state index in [9.17, 15) is 0 Å². The summed E-state index contributed by atoms with van der Waals surface area (Å²) in [6.45, 7) is 0. The number of nitrogens with zero attached hydrogens (tertiary/aromatic N) is 2. The Labute approximate surface area is 434 Å². The van der Waals surface area contributed by atoms with E-state index in [1.54, 1.807) is 0 Å². The van der Waals surface area contributed by atoms with E-state index < -0.39 is 22.2 Å². The Morgan fingerprint density at radius 3 is 0.581 bits per heavy atom. The smallest absolute Gasteiger partial charge is 0.122 e. The van der Waals surface area contributed by atoms with Crippen LogP contribution in [-0.4, -0.2) is 7.11 Å². The fourth-order valence-corrected chi connectivity index (χ4v) is 13.3. The molecule has 0 saturated heterocycles. The Morgan fingerprint density at radius 1 is 0.230 bits per heavy atom. The van der Waals surface area contributed by atoms with Gasteiger partial charge in [-0.3, -0.25) is 0 Å². The van der Waals surface area contributed by atoms with E-state index in [1.807, 2.05) is 7.11 Å². The minimum atomic E-state index is -0.895. The van der Waals surface area contributed by atoms with Gasteiger partial charge in [0.25, 0.3) is 0 Å². The Hall–Kier alpha value is -9.18. The first-order valence-corrected chi connectivity index (χ1v) is 25.6. The van der Waals surface area contributed by atoms with E-state index in [0.717, 1.165) is 61.6 Å². The van der Waals surface area contributed by atoms with E-state index >= 15 is 0 Å². The summed E-state index contributed by atoms with van der Waals surface area (Å²) in [7, 11) is 1.81. The van der Waals surface area contributed by atoms with Gasteiger partial charge in [0.15, 0.2) is 0 Å². The summed E-state index contributed by atoms with van der Waals surface area (Å²) >= 11 is 0. The standard InChI is InChI=1S/C71H54N2O/c1-74-63-51-61(72-68(53-30-10-2-11-31-53,54-32-12-3-13-33-54)64-46-26-27-47-65(64)69(72,55-34-14-4-15-35-55)56-36-16-5-17-37-56)50-62(52-63)73-70(57-38-18-6-19-39-57,58-40-20-7-21-41-58)66-48-28-29-49-67(66)71(73,59-42-22-8-23-43-59)60-44-24-9-25-45-60/h2-52H,1H3. The molecule has 0 atom stereocenters. The molecular formula is C71H54N2O. The van der Waals surface area contributed by atoms with Gasteiger partial charge in [0.1, 0.15) is 27.9 Å². The van der Waals surface area contributed by atoms with Crippen LogP contribution in [-0.2, 0) is 22.2 Å². The first-order chi connectivity index (χ1) is 36.7. The molecule has 354 valence electrons. The van der Waals surface area contributed by atoms with Crippen molar-refractivity contribution in [3.63, 3.8) is 0 Å². The number of anilines is 2. The molecule has 0 aromatic heterocycles. The lowest BCUT2D eigenvalue weighted by Gasteiger charge is -2.52. The summed E-state index contributed by atoms with van der Waals surface area (Å²) in [5.74, 6) is 0.736. The molecule has 2 aliphatic rings. The maximum atomic E-state index is 6.73. The Bertz CT molecular complexity index is 3080. The number of fused-ring (bicyclic) bond motifs is 2. The van der Waals surface area contributed by atoms with E-state index in [4.69, 9.17) is 4.74 Å². The molecule has 0 aliphatic carbocycles. The topological polar surface area (TPSA) is 15.7 Å². The highest BCUT2D eigenvalue weighted by Crippen LogP contribution is 2.66. The largest absolute Gasteiger partial charge is 0.497 e. The summed E-state index contributed by atoms with van der Waals surface area (Å²) in [5.41, 5.74) is 12.4. The summed E-state index contributed by atoms with van der Waals surface area (Å²) in [6, 6.07) is 114. The third kappa shape index (κ3) is 6.33. The minimum Gasteiger partial charge on any atom is -0.497 e. The number of hydrogen-bond donors (Lipinski definition) is 0. The summed E-state index contributed by atoms with van der Waals surface area (Å²) in [6.07, 6.45) is 0. The predicted molar refractivity (Wildman–Crippen MR) is 302 cm³/mol. The molecule has 13 rings (SSSR count). The number of benzene rings is 11. The van der Waals surface area contributed by atoms with Gasteiger partial charge in [0.05, 0.1) is 7.11 Å². The third-order valence-corrected chi connectivity index (χ3v) is 15.9. The molecule has 0 fully saturated rings. The Kier molecular flexibility index (Phi) is 11.0. The fourth-order valence-electron chi connectivity index (χ4n) is 13.3. The molecule has 2 heterocycles. The average Bonchev–Trinajstić information content (AvgIpc) is 3.96. The van der Waals surface area contributed by atoms with Crippen LogP contribution in [0.25, 0.3) is 0 Å². The van der Waals surface area contributed by atoms with Crippen molar-refractivity contribution in [2.24, 2.45) is 0 Å². The second-order valence-electron chi connectivity index (χ2n) is 19.4. The van der Waals surface area contributed by atoms with E-state index in [1.165, 1.54) is 22.3 Å². The minimum absolute atomic E-state index is 0.736.